The molecule has 1 atom stereocenters. The maximum Gasteiger partial charge on any atom is 1.00 e. The summed E-state index contributed by atoms with van der Waals surface area (Å²) in [6.45, 7) is 1.34. The molecular formula is C15H14ClKN2O2S. The van der Waals surface area contributed by atoms with Crippen LogP contribution >= 0.6 is 22.9 Å². The van der Waals surface area contributed by atoms with E-state index in [-0.39, 0.29) is 51.4 Å². The van der Waals surface area contributed by atoms with Crippen molar-refractivity contribution in [1.82, 2.24) is 9.88 Å². The molecule has 0 spiro atoms. The number of hydrogen-bond acceptors (Lipinski definition) is 5. The first-order valence-electron chi connectivity index (χ1n) is 6.79. The first-order valence-corrected chi connectivity index (χ1v) is 8.04. The summed E-state index contributed by atoms with van der Waals surface area (Å²) in [5.41, 5.74) is 1.85. The molecule has 1 aromatic heterocycles. The van der Waals surface area contributed by atoms with Gasteiger partial charge in [-0.2, -0.15) is 0 Å². The Hall–Kier alpha value is 0.206. The Kier molecular flexibility index (Phi) is 7.04. The molecule has 4 nitrogen and oxygen atoms in total. The van der Waals surface area contributed by atoms with Crippen molar-refractivity contribution in [3.63, 3.8) is 0 Å². The van der Waals surface area contributed by atoms with Crippen LogP contribution in [0.5, 0.6) is 0 Å². The van der Waals surface area contributed by atoms with E-state index in [0.29, 0.717) is 18.0 Å². The zero-order valence-corrected chi connectivity index (χ0v) is 17.0. The summed E-state index contributed by atoms with van der Waals surface area (Å²) in [5, 5.41) is 14.7. The Balaban J connectivity index is 0.00000176. The minimum Gasteiger partial charge on any atom is -0.548 e. The zero-order valence-electron chi connectivity index (χ0n) is 12.3. The molecule has 110 valence electrons. The number of thiazole rings is 1. The second-order valence-electron chi connectivity index (χ2n) is 5.08. The molecule has 2 heterocycles. The SMILES string of the molecule is O=C([O-])C1CCCN1Cc1nc(-c2cccc(Cl)c2)cs1.[K+]. The number of carboxylic acid groups (broad SMARTS) is 1. The maximum absolute atomic E-state index is 11.1. The average molecular weight is 361 g/mol. The number of aliphatic carboxylic acids is 1. The molecule has 2 aromatic rings. The number of nitrogens with zero attached hydrogens (tertiary/aromatic N) is 2. The third-order valence-corrected chi connectivity index (χ3v) is 4.71. The fraction of sp³-hybridized carbons (Fsp3) is 0.333. The van der Waals surface area contributed by atoms with Crippen LogP contribution in [0.25, 0.3) is 11.3 Å². The van der Waals surface area contributed by atoms with Gasteiger partial charge in [-0.25, -0.2) is 4.98 Å². The molecule has 3 rings (SSSR count). The summed E-state index contributed by atoms with van der Waals surface area (Å²) in [4.78, 5) is 17.6. The fourth-order valence-corrected chi connectivity index (χ4v) is 3.64. The van der Waals surface area contributed by atoms with Gasteiger partial charge in [-0.1, -0.05) is 23.7 Å². The number of carboxylic acids is 1. The number of rotatable bonds is 4. The molecule has 0 radical (unpaired) electrons. The zero-order chi connectivity index (χ0) is 14.8. The van der Waals surface area contributed by atoms with Crippen molar-refractivity contribution in [2.45, 2.75) is 25.4 Å². The second kappa shape index (κ2) is 8.35. The van der Waals surface area contributed by atoms with Gasteiger partial charge in [-0.05, 0) is 31.5 Å². The number of carbonyl (C=O) groups is 1. The van der Waals surface area contributed by atoms with Gasteiger partial charge in [0.2, 0.25) is 0 Å². The summed E-state index contributed by atoms with van der Waals surface area (Å²) in [7, 11) is 0. The summed E-state index contributed by atoms with van der Waals surface area (Å²) in [6, 6.07) is 7.07. The molecule has 1 aromatic carbocycles. The van der Waals surface area contributed by atoms with Gasteiger partial charge in [-0.3, -0.25) is 4.90 Å². The topological polar surface area (TPSA) is 56.3 Å². The van der Waals surface area contributed by atoms with Crippen LogP contribution in [0.2, 0.25) is 5.02 Å². The number of carbonyl (C=O) groups excluding carboxylic acids is 1. The van der Waals surface area contributed by atoms with Gasteiger partial charge in [0.25, 0.3) is 0 Å². The van der Waals surface area contributed by atoms with Crippen LogP contribution in [-0.2, 0) is 11.3 Å². The van der Waals surface area contributed by atoms with E-state index in [1.165, 1.54) is 0 Å². The smallest absolute Gasteiger partial charge is 0.548 e. The fourth-order valence-electron chi connectivity index (χ4n) is 2.62. The normalized spacial score (nSPS) is 18.1. The summed E-state index contributed by atoms with van der Waals surface area (Å²) in [6.07, 6.45) is 1.56. The van der Waals surface area contributed by atoms with Gasteiger partial charge < -0.3 is 9.90 Å². The van der Waals surface area contributed by atoms with Crippen LogP contribution in [0.1, 0.15) is 17.8 Å². The standard InChI is InChI=1S/C15H15ClN2O2S.K/c16-11-4-1-3-10(7-11)12-9-21-14(17-12)8-18-6-2-5-13(18)15(19)20;/h1,3-4,7,9,13H,2,5-6,8H2,(H,19,20);/q;+1/p-1. The Bertz CT molecular complexity index is 664. The van der Waals surface area contributed by atoms with Crippen LogP contribution in [-0.4, -0.2) is 28.4 Å². The van der Waals surface area contributed by atoms with Crippen LogP contribution in [0.3, 0.4) is 0 Å². The summed E-state index contributed by atoms with van der Waals surface area (Å²) >= 11 is 7.53. The van der Waals surface area contributed by atoms with E-state index in [2.05, 4.69) is 4.98 Å². The number of halogens is 1. The molecule has 22 heavy (non-hydrogen) atoms. The Morgan fingerprint density at radius 3 is 3.05 bits per heavy atom. The van der Waals surface area contributed by atoms with Crippen molar-refractivity contribution in [2.24, 2.45) is 0 Å². The van der Waals surface area contributed by atoms with Crippen LogP contribution in [0, 0.1) is 0 Å². The van der Waals surface area contributed by atoms with Crippen molar-refractivity contribution < 1.29 is 61.3 Å². The van der Waals surface area contributed by atoms with Crippen LogP contribution in [0.15, 0.2) is 29.6 Å². The van der Waals surface area contributed by atoms with E-state index in [1.54, 1.807) is 11.3 Å². The van der Waals surface area contributed by atoms with E-state index >= 15 is 0 Å². The predicted molar refractivity (Wildman–Crippen MR) is 81.0 cm³/mol. The minimum absolute atomic E-state index is 0. The van der Waals surface area contributed by atoms with E-state index < -0.39 is 12.0 Å². The largest absolute Gasteiger partial charge is 1.00 e. The molecule has 0 bridgehead atoms. The van der Waals surface area contributed by atoms with E-state index in [0.717, 1.165) is 29.2 Å². The van der Waals surface area contributed by atoms with Crippen LogP contribution in [0.4, 0.5) is 0 Å². The average Bonchev–Trinajstić information content (AvgIpc) is 3.08. The quantitative estimate of drug-likeness (QED) is 0.669. The van der Waals surface area contributed by atoms with Crippen LogP contribution < -0.4 is 56.5 Å². The van der Waals surface area contributed by atoms with Gasteiger partial charge >= 0.3 is 51.4 Å². The van der Waals surface area contributed by atoms with E-state index in [1.807, 2.05) is 34.5 Å². The molecule has 0 N–H and O–H groups in total. The Morgan fingerprint density at radius 2 is 2.32 bits per heavy atom. The molecule has 1 fully saturated rings. The molecule has 1 aliphatic rings. The molecule has 0 amide bonds. The number of aromatic nitrogens is 1. The maximum atomic E-state index is 11.1. The van der Waals surface area contributed by atoms with Crippen molar-refractivity contribution >= 4 is 28.9 Å². The summed E-state index contributed by atoms with van der Waals surface area (Å²) < 4.78 is 0. The van der Waals surface area contributed by atoms with E-state index in [4.69, 9.17) is 11.6 Å². The second-order valence-corrected chi connectivity index (χ2v) is 6.46. The number of likely N-dealkylation sites (tertiary alicyclic amines) is 1. The Labute approximate surface area is 180 Å². The van der Waals surface area contributed by atoms with Gasteiger partial charge in [-0.15, -0.1) is 11.3 Å². The minimum atomic E-state index is -0.987. The van der Waals surface area contributed by atoms with Crippen molar-refractivity contribution in [2.75, 3.05) is 6.54 Å². The van der Waals surface area contributed by atoms with Crippen molar-refractivity contribution in [3.05, 3.63) is 39.7 Å². The molecular weight excluding hydrogens is 347 g/mol. The van der Waals surface area contributed by atoms with Gasteiger partial charge in [0.15, 0.2) is 0 Å². The molecule has 0 aliphatic carbocycles. The number of benzene rings is 1. The molecule has 1 unspecified atom stereocenters. The predicted octanol–water partition coefficient (Wildman–Crippen LogP) is -0.818. The molecule has 7 heteroatoms. The monoisotopic (exact) mass is 360 g/mol. The third-order valence-electron chi connectivity index (χ3n) is 3.65. The third kappa shape index (κ3) is 4.39. The first-order chi connectivity index (χ1) is 10.1. The van der Waals surface area contributed by atoms with Gasteiger partial charge in [0.1, 0.15) is 5.01 Å². The number of hydrogen-bond donors (Lipinski definition) is 0. The van der Waals surface area contributed by atoms with Gasteiger partial charge in [0.05, 0.1) is 18.2 Å². The Morgan fingerprint density at radius 1 is 1.50 bits per heavy atom. The molecule has 1 aliphatic heterocycles. The van der Waals surface area contributed by atoms with E-state index in [9.17, 15) is 9.90 Å². The first kappa shape index (κ1) is 18.5. The van der Waals surface area contributed by atoms with Gasteiger partial charge in [0, 0.05) is 22.0 Å². The molecule has 1 saturated heterocycles. The van der Waals surface area contributed by atoms with Crippen molar-refractivity contribution in [1.29, 1.82) is 0 Å². The van der Waals surface area contributed by atoms with Crippen molar-refractivity contribution in [3.8, 4) is 11.3 Å². The molecule has 0 saturated carbocycles. The summed E-state index contributed by atoms with van der Waals surface area (Å²) in [5.74, 6) is -0.987.